The normalized spacial score (nSPS) is 25.9. The summed E-state index contributed by atoms with van der Waals surface area (Å²) < 4.78 is 88.8. The maximum Gasteiger partial charge on any atom is 0.416 e. The predicted molar refractivity (Wildman–Crippen MR) is 199 cm³/mol. The number of benzene rings is 4. The second kappa shape index (κ2) is 13.9. The number of hydrogen-bond acceptors (Lipinski definition) is 6. The van der Waals surface area contributed by atoms with Crippen molar-refractivity contribution in [2.24, 2.45) is 29.6 Å². The van der Waals surface area contributed by atoms with Crippen molar-refractivity contribution in [3.63, 3.8) is 0 Å². The molecule has 2 aliphatic heterocycles. The number of halogens is 7. The fourth-order valence-corrected chi connectivity index (χ4v) is 9.50. The fourth-order valence-electron chi connectivity index (χ4n) is 9.32. The number of ether oxygens (including phenoxy) is 1. The van der Waals surface area contributed by atoms with Crippen LogP contribution in [0.5, 0.6) is 11.5 Å². The first-order chi connectivity index (χ1) is 27.5. The molecular weight excluding hydrogens is 790 g/mol. The summed E-state index contributed by atoms with van der Waals surface area (Å²) in [5, 5.41) is 10.5. The lowest BCUT2D eigenvalue weighted by Gasteiger charge is -2.49. The number of alkyl halides is 6. The fraction of sp³-hybridized carbons (Fsp3) is 0.256. The van der Waals surface area contributed by atoms with E-state index < -0.39 is 87.8 Å². The van der Waals surface area contributed by atoms with E-state index in [1.165, 1.54) is 19.2 Å². The molecule has 4 aliphatic rings. The van der Waals surface area contributed by atoms with Gasteiger partial charge in [0.05, 0.1) is 52.8 Å². The molecule has 0 radical (unpaired) electrons. The highest BCUT2D eigenvalue weighted by Crippen LogP contribution is 2.62. The minimum absolute atomic E-state index is 0.0828. The Labute approximate surface area is 332 Å². The van der Waals surface area contributed by atoms with Crippen molar-refractivity contribution < 1.29 is 55.4 Å². The van der Waals surface area contributed by atoms with Crippen molar-refractivity contribution in [2.45, 2.75) is 30.6 Å². The summed E-state index contributed by atoms with van der Waals surface area (Å²) in [5.74, 6) is -8.77. The molecule has 298 valence electrons. The quantitative estimate of drug-likeness (QED) is 0.118. The summed E-state index contributed by atoms with van der Waals surface area (Å²) in [6.07, 6.45) is -5.70. The molecule has 0 bridgehead atoms. The number of amides is 4. The van der Waals surface area contributed by atoms with Gasteiger partial charge in [0.25, 0.3) is 0 Å². The third-order valence-corrected chi connectivity index (χ3v) is 12.0. The molecule has 4 aromatic rings. The van der Waals surface area contributed by atoms with Gasteiger partial charge in [0.2, 0.25) is 23.6 Å². The Morgan fingerprint density at radius 2 is 1.47 bits per heavy atom. The van der Waals surface area contributed by atoms with E-state index in [0.717, 1.165) is 4.90 Å². The molecule has 6 atom stereocenters. The number of phenols is 1. The standard InChI is InChI=1S/C43H31ClF6N2O6/c1-58-35-16-22(11-15-34(35)53)10-14-32-29-12-13-30-36(39(56)51(37(30)54)28-18-24(42(45,46)47)17-25(19-28)43(48,49)50)31(29)21-33-38(55)52(27-9-5-8-26(44)20-27)40(57)41(32,33)23-6-3-2-4-7-23/h2-12,14-20,30-33,36,53H,13,21H2,1H3/t30-,31+,32-,33-,36-,41-/m0/s1. The Balaban J connectivity index is 1.30. The lowest BCUT2D eigenvalue weighted by molar-refractivity contribution is -0.143. The van der Waals surface area contributed by atoms with Crippen LogP contribution in [0.2, 0.25) is 5.02 Å². The monoisotopic (exact) mass is 820 g/mol. The number of carbonyl (C=O) groups is 4. The Hall–Kier alpha value is -5.89. The van der Waals surface area contributed by atoms with E-state index in [0.29, 0.717) is 33.7 Å². The molecule has 0 unspecified atom stereocenters. The molecule has 4 aromatic carbocycles. The lowest BCUT2D eigenvalue weighted by atomic mass is 9.50. The molecule has 15 heteroatoms. The van der Waals surface area contributed by atoms with Gasteiger partial charge in [-0.2, -0.15) is 26.3 Å². The summed E-state index contributed by atoms with van der Waals surface area (Å²) in [6.45, 7) is 0. The van der Waals surface area contributed by atoms with Crippen LogP contribution in [0.25, 0.3) is 6.08 Å². The number of aromatic hydroxyl groups is 1. The smallest absolute Gasteiger partial charge is 0.416 e. The van der Waals surface area contributed by atoms with Gasteiger partial charge < -0.3 is 9.84 Å². The Kier molecular flexibility index (Phi) is 9.33. The van der Waals surface area contributed by atoms with Crippen LogP contribution in [-0.4, -0.2) is 35.8 Å². The average molecular weight is 821 g/mol. The molecule has 2 heterocycles. The number of imide groups is 2. The van der Waals surface area contributed by atoms with Crippen molar-refractivity contribution in [3.8, 4) is 11.5 Å². The zero-order chi connectivity index (χ0) is 41.5. The Morgan fingerprint density at radius 3 is 2.10 bits per heavy atom. The highest BCUT2D eigenvalue weighted by Gasteiger charge is 2.69. The molecular formula is C43H31ClF6N2O6. The lowest BCUT2D eigenvalue weighted by Crippen LogP contribution is -2.54. The first-order valence-electron chi connectivity index (χ1n) is 18.1. The molecule has 8 rings (SSSR count). The number of fused-ring (bicyclic) bond motifs is 4. The molecule has 1 saturated carbocycles. The summed E-state index contributed by atoms with van der Waals surface area (Å²) in [7, 11) is 1.37. The Bertz CT molecular complexity index is 2420. The summed E-state index contributed by atoms with van der Waals surface area (Å²) in [4.78, 5) is 60.1. The van der Waals surface area contributed by atoms with Gasteiger partial charge in [-0.15, -0.1) is 0 Å². The molecule has 58 heavy (non-hydrogen) atoms. The zero-order valence-electron chi connectivity index (χ0n) is 30.2. The van der Waals surface area contributed by atoms with Crippen LogP contribution in [0.15, 0.2) is 109 Å². The van der Waals surface area contributed by atoms with E-state index >= 15 is 4.79 Å². The largest absolute Gasteiger partial charge is 0.504 e. The number of anilines is 2. The number of rotatable bonds is 6. The SMILES string of the molecule is COc1cc(C=C[C@H]2C3=CC[C@@H]4C(=O)N(c5cc(C(F)(F)F)cc(C(F)(F)F)c5)C(=O)[C@@H]4[C@@H]3C[C@H]3C(=O)N(c4cccc(Cl)c4)C(=O)[C@@]23c2ccccc2)ccc1O. The van der Waals surface area contributed by atoms with Gasteiger partial charge in [0.15, 0.2) is 11.5 Å². The highest BCUT2D eigenvalue weighted by atomic mass is 35.5. The van der Waals surface area contributed by atoms with Gasteiger partial charge in [-0.05, 0) is 78.4 Å². The number of carbonyl (C=O) groups excluding carboxylic acids is 4. The zero-order valence-corrected chi connectivity index (χ0v) is 31.0. The van der Waals surface area contributed by atoms with Gasteiger partial charge in [0, 0.05) is 10.9 Å². The van der Waals surface area contributed by atoms with E-state index in [4.69, 9.17) is 16.3 Å². The predicted octanol–water partition coefficient (Wildman–Crippen LogP) is 9.00. The topological polar surface area (TPSA) is 104 Å². The number of phenolic OH excluding ortho intramolecular Hbond substituents is 1. The van der Waals surface area contributed by atoms with Crippen molar-refractivity contribution in [3.05, 3.63) is 136 Å². The molecule has 3 fully saturated rings. The third-order valence-electron chi connectivity index (χ3n) is 11.7. The second-order valence-corrected chi connectivity index (χ2v) is 15.1. The minimum Gasteiger partial charge on any atom is -0.504 e. The van der Waals surface area contributed by atoms with Gasteiger partial charge >= 0.3 is 12.4 Å². The van der Waals surface area contributed by atoms with E-state index in [1.54, 1.807) is 78.9 Å². The first-order valence-corrected chi connectivity index (χ1v) is 18.5. The van der Waals surface area contributed by atoms with Crippen molar-refractivity contribution >= 4 is 52.7 Å². The third kappa shape index (κ3) is 6.07. The minimum atomic E-state index is -5.24. The molecule has 8 nitrogen and oxygen atoms in total. The van der Waals surface area contributed by atoms with E-state index in [9.17, 15) is 45.8 Å². The van der Waals surface area contributed by atoms with E-state index in [1.807, 2.05) is 0 Å². The van der Waals surface area contributed by atoms with Crippen LogP contribution >= 0.6 is 11.6 Å². The second-order valence-electron chi connectivity index (χ2n) is 14.7. The van der Waals surface area contributed by atoms with Crippen LogP contribution in [0.3, 0.4) is 0 Å². The van der Waals surface area contributed by atoms with Crippen LogP contribution in [0.4, 0.5) is 37.7 Å². The van der Waals surface area contributed by atoms with Crippen molar-refractivity contribution in [1.82, 2.24) is 0 Å². The van der Waals surface area contributed by atoms with Crippen molar-refractivity contribution in [2.75, 3.05) is 16.9 Å². The van der Waals surface area contributed by atoms with Crippen molar-refractivity contribution in [1.29, 1.82) is 0 Å². The number of nitrogens with zero attached hydrogens (tertiary/aromatic N) is 2. The van der Waals surface area contributed by atoms with E-state index in [-0.39, 0.29) is 41.1 Å². The number of hydrogen-bond donors (Lipinski definition) is 1. The van der Waals surface area contributed by atoms with Crippen LogP contribution in [0.1, 0.15) is 35.1 Å². The average Bonchev–Trinajstić information content (AvgIpc) is 3.58. The van der Waals surface area contributed by atoms with E-state index in [2.05, 4.69) is 0 Å². The molecule has 0 spiro atoms. The maximum absolute atomic E-state index is 15.3. The molecule has 0 aromatic heterocycles. The molecule has 4 amide bonds. The summed E-state index contributed by atoms with van der Waals surface area (Å²) in [5.41, 5.74) is -4.20. The van der Waals surface area contributed by atoms with Crippen LogP contribution < -0.4 is 14.5 Å². The van der Waals surface area contributed by atoms with Gasteiger partial charge in [-0.3, -0.25) is 19.2 Å². The first kappa shape index (κ1) is 39.0. The summed E-state index contributed by atoms with van der Waals surface area (Å²) >= 11 is 6.33. The Morgan fingerprint density at radius 1 is 0.776 bits per heavy atom. The van der Waals surface area contributed by atoms with Crippen LogP contribution in [-0.2, 0) is 36.9 Å². The van der Waals surface area contributed by atoms with Gasteiger partial charge in [0.1, 0.15) is 0 Å². The molecule has 2 saturated heterocycles. The molecule has 1 N–H and O–H groups in total. The highest BCUT2D eigenvalue weighted by molar-refractivity contribution is 6.32. The summed E-state index contributed by atoms with van der Waals surface area (Å²) in [6, 6.07) is 19.9. The number of allylic oxidation sites excluding steroid dienone is 3. The number of methoxy groups -OCH3 is 1. The van der Waals surface area contributed by atoms with Gasteiger partial charge in [-0.1, -0.05) is 77.9 Å². The van der Waals surface area contributed by atoms with Crippen LogP contribution in [0, 0.1) is 29.6 Å². The van der Waals surface area contributed by atoms with Gasteiger partial charge in [-0.25, -0.2) is 9.80 Å². The molecule has 2 aliphatic carbocycles. The maximum atomic E-state index is 15.3.